The third-order valence-corrected chi connectivity index (χ3v) is 9.04. The van der Waals surface area contributed by atoms with Crippen molar-refractivity contribution in [3.05, 3.63) is 65.7 Å². The van der Waals surface area contributed by atoms with E-state index < -0.39 is 15.6 Å². The zero-order valence-corrected chi connectivity index (χ0v) is 21.4. The molecule has 1 saturated carbocycles. The quantitative estimate of drug-likeness (QED) is 0.618. The molecule has 4 rings (SSSR count). The smallest absolute Gasteiger partial charge is 0.247 e. The fourth-order valence-corrected chi connectivity index (χ4v) is 6.76. The molecule has 1 N–H and O–H groups in total. The lowest BCUT2D eigenvalue weighted by Gasteiger charge is -2.50. The van der Waals surface area contributed by atoms with Gasteiger partial charge in [0, 0.05) is 19.1 Å². The first kappa shape index (κ1) is 25.4. The largest absolute Gasteiger partial charge is 0.350 e. The zero-order chi connectivity index (χ0) is 25.1. The lowest BCUT2D eigenvalue weighted by Crippen LogP contribution is -2.71. The molecular weight excluding hydrogens is 462 g/mol. The Hall–Kier alpha value is -2.71. The van der Waals surface area contributed by atoms with Crippen LogP contribution in [0.25, 0.3) is 0 Å². The summed E-state index contributed by atoms with van der Waals surface area (Å²) in [5.74, 6) is -0.640. The summed E-state index contributed by atoms with van der Waals surface area (Å²) < 4.78 is 28.2. The van der Waals surface area contributed by atoms with Crippen molar-refractivity contribution < 1.29 is 18.0 Å². The minimum Gasteiger partial charge on any atom is -0.350 e. The summed E-state index contributed by atoms with van der Waals surface area (Å²) in [7, 11) is -3.94. The van der Waals surface area contributed by atoms with Crippen molar-refractivity contribution in [2.24, 2.45) is 0 Å². The summed E-state index contributed by atoms with van der Waals surface area (Å²) in [6.45, 7) is 3.58. The molecule has 8 heteroatoms. The number of amides is 2. The van der Waals surface area contributed by atoms with E-state index in [1.54, 1.807) is 36.1 Å². The molecule has 35 heavy (non-hydrogen) atoms. The van der Waals surface area contributed by atoms with Crippen molar-refractivity contribution in [2.45, 2.75) is 75.4 Å². The number of nitrogens with one attached hydrogen (secondary N) is 1. The summed E-state index contributed by atoms with van der Waals surface area (Å²) in [6, 6.07) is 16.1. The maximum atomic E-state index is 13.7. The molecule has 0 unspecified atom stereocenters. The Morgan fingerprint density at radius 3 is 2.26 bits per heavy atom. The fraction of sp³-hybridized carbons (Fsp3) is 0.481. The highest BCUT2D eigenvalue weighted by molar-refractivity contribution is 7.89. The van der Waals surface area contributed by atoms with Crippen molar-refractivity contribution in [2.75, 3.05) is 13.1 Å². The van der Waals surface area contributed by atoms with E-state index in [0.29, 0.717) is 6.54 Å². The van der Waals surface area contributed by atoms with E-state index in [-0.39, 0.29) is 35.8 Å². The molecule has 2 amide bonds. The molecule has 7 nitrogen and oxygen atoms in total. The van der Waals surface area contributed by atoms with Gasteiger partial charge < -0.3 is 10.2 Å². The second kappa shape index (κ2) is 10.5. The summed E-state index contributed by atoms with van der Waals surface area (Å²) in [5.41, 5.74) is 0.580. The molecule has 2 aromatic rings. The van der Waals surface area contributed by atoms with Crippen LogP contribution >= 0.6 is 0 Å². The number of nitrogens with zero attached hydrogens (tertiary/aromatic N) is 2. The predicted octanol–water partition coefficient (Wildman–Crippen LogP) is 3.63. The van der Waals surface area contributed by atoms with Crippen LogP contribution in [0.5, 0.6) is 0 Å². The van der Waals surface area contributed by atoms with Gasteiger partial charge >= 0.3 is 0 Å². The Kier molecular flexibility index (Phi) is 7.62. The Labute approximate surface area is 208 Å². The van der Waals surface area contributed by atoms with Gasteiger partial charge in [0.1, 0.15) is 5.54 Å². The summed E-state index contributed by atoms with van der Waals surface area (Å²) in [5, 5.41) is 2.98. The number of benzene rings is 2. The van der Waals surface area contributed by atoms with Gasteiger partial charge in [-0.05, 0) is 44.4 Å². The van der Waals surface area contributed by atoms with Crippen LogP contribution in [0.3, 0.4) is 0 Å². The van der Waals surface area contributed by atoms with Gasteiger partial charge in [-0.1, -0.05) is 73.7 Å². The van der Waals surface area contributed by atoms with E-state index in [0.717, 1.165) is 49.7 Å². The van der Waals surface area contributed by atoms with Crippen LogP contribution in [0.15, 0.2) is 59.5 Å². The van der Waals surface area contributed by atoms with Crippen molar-refractivity contribution in [1.82, 2.24) is 14.5 Å². The molecule has 0 bridgehead atoms. The normalized spacial score (nSPS) is 22.6. The van der Waals surface area contributed by atoms with Gasteiger partial charge in [-0.2, -0.15) is 4.31 Å². The maximum absolute atomic E-state index is 13.7. The molecular formula is C27H35N3O4S. The number of hydrogen-bond acceptors (Lipinski definition) is 4. The molecule has 0 spiro atoms. The summed E-state index contributed by atoms with van der Waals surface area (Å²) >= 11 is 0. The second-order valence-electron chi connectivity index (χ2n) is 9.94. The minimum absolute atomic E-state index is 0.0679. The van der Waals surface area contributed by atoms with Gasteiger partial charge in [-0.15, -0.1) is 0 Å². The lowest BCUT2D eigenvalue weighted by atomic mass is 9.91. The van der Waals surface area contributed by atoms with Gasteiger partial charge in [-0.3, -0.25) is 9.59 Å². The van der Waals surface area contributed by atoms with Gasteiger partial charge in [0.2, 0.25) is 21.8 Å². The topological polar surface area (TPSA) is 86.8 Å². The number of carbonyl (C=O) groups excluding carboxylic acids is 2. The number of hydrogen-bond donors (Lipinski definition) is 1. The molecule has 0 radical (unpaired) electrons. The van der Waals surface area contributed by atoms with Crippen molar-refractivity contribution >= 4 is 21.8 Å². The Morgan fingerprint density at radius 2 is 1.63 bits per heavy atom. The Bertz CT molecular complexity index is 1140. The molecule has 1 heterocycles. The van der Waals surface area contributed by atoms with Crippen molar-refractivity contribution in [3.63, 3.8) is 0 Å². The molecule has 2 aliphatic rings. The molecule has 2 aromatic carbocycles. The Balaban J connectivity index is 1.65. The molecule has 1 aliphatic heterocycles. The van der Waals surface area contributed by atoms with Gasteiger partial charge in [0.05, 0.1) is 11.4 Å². The average Bonchev–Trinajstić information content (AvgIpc) is 3.12. The molecule has 1 atom stereocenters. The molecule has 188 valence electrons. The highest BCUT2D eigenvalue weighted by Gasteiger charge is 2.52. The minimum atomic E-state index is -3.94. The number of piperazine rings is 1. The molecule has 0 aromatic heterocycles. The molecule has 2 fully saturated rings. The second-order valence-corrected chi connectivity index (χ2v) is 11.9. The van der Waals surface area contributed by atoms with Gasteiger partial charge in [0.15, 0.2) is 0 Å². The summed E-state index contributed by atoms with van der Waals surface area (Å²) in [6.07, 6.45) is 5.89. The third-order valence-electron chi connectivity index (χ3n) is 7.23. The maximum Gasteiger partial charge on any atom is 0.247 e. The predicted molar refractivity (Wildman–Crippen MR) is 135 cm³/mol. The molecule has 1 aliphatic carbocycles. The van der Waals surface area contributed by atoms with E-state index in [2.05, 4.69) is 5.32 Å². The first-order valence-corrected chi connectivity index (χ1v) is 13.9. The monoisotopic (exact) mass is 497 g/mol. The standard InChI is InChI=1S/C27H35N3O4S/c1-21-14-16-24(17-15-21)35(33,34)29-19-25(31)30(23-12-8-3-4-9-13-23)27(2,20-29)26(32)28-18-22-10-6-5-7-11-22/h5-7,10-11,14-17,23H,3-4,8-9,12-13,18-20H2,1-2H3,(H,28,32)/t27-/m0/s1. The zero-order valence-electron chi connectivity index (χ0n) is 20.6. The van der Waals surface area contributed by atoms with E-state index in [4.69, 9.17) is 0 Å². The Morgan fingerprint density at radius 1 is 1.00 bits per heavy atom. The summed E-state index contributed by atoms with van der Waals surface area (Å²) in [4.78, 5) is 29.1. The van der Waals surface area contributed by atoms with Crippen LogP contribution < -0.4 is 5.32 Å². The van der Waals surface area contributed by atoms with Crippen LogP contribution in [-0.4, -0.2) is 54.1 Å². The first-order valence-electron chi connectivity index (χ1n) is 12.4. The van der Waals surface area contributed by atoms with E-state index in [9.17, 15) is 18.0 Å². The average molecular weight is 498 g/mol. The van der Waals surface area contributed by atoms with Crippen LogP contribution in [0.1, 0.15) is 56.6 Å². The van der Waals surface area contributed by atoms with Crippen LogP contribution in [-0.2, 0) is 26.2 Å². The van der Waals surface area contributed by atoms with Gasteiger partial charge in [0.25, 0.3) is 0 Å². The van der Waals surface area contributed by atoms with E-state index >= 15 is 0 Å². The SMILES string of the molecule is Cc1ccc(S(=O)(=O)N2CC(=O)N(C3CCCCCC3)[C@](C)(C(=O)NCc3ccccc3)C2)cc1. The number of aryl methyl sites for hydroxylation is 1. The lowest BCUT2D eigenvalue weighted by molar-refractivity contribution is -0.157. The van der Waals surface area contributed by atoms with Crippen LogP contribution in [0.2, 0.25) is 0 Å². The van der Waals surface area contributed by atoms with Crippen molar-refractivity contribution in [3.8, 4) is 0 Å². The van der Waals surface area contributed by atoms with E-state index in [1.165, 1.54) is 4.31 Å². The number of sulfonamides is 1. The third kappa shape index (κ3) is 5.43. The van der Waals surface area contributed by atoms with Crippen molar-refractivity contribution in [1.29, 1.82) is 0 Å². The highest BCUT2D eigenvalue weighted by atomic mass is 32.2. The molecule has 1 saturated heterocycles. The fourth-order valence-electron chi connectivity index (χ4n) is 5.28. The van der Waals surface area contributed by atoms with E-state index in [1.807, 2.05) is 37.3 Å². The first-order chi connectivity index (χ1) is 16.7. The van der Waals surface area contributed by atoms with Crippen LogP contribution in [0, 0.1) is 6.92 Å². The van der Waals surface area contributed by atoms with Gasteiger partial charge in [-0.25, -0.2) is 8.42 Å². The number of carbonyl (C=O) groups is 2. The number of rotatable bonds is 6. The van der Waals surface area contributed by atoms with Crippen LogP contribution in [0.4, 0.5) is 0 Å². The highest BCUT2D eigenvalue weighted by Crippen LogP contribution is 2.34.